The Labute approximate surface area is 115 Å². The highest BCUT2D eigenvalue weighted by Gasteiger charge is 2.30. The van der Waals surface area contributed by atoms with Crippen molar-refractivity contribution in [2.75, 3.05) is 37.0 Å². The lowest BCUT2D eigenvalue weighted by molar-refractivity contribution is 0.272. The predicted molar refractivity (Wildman–Crippen MR) is 79.4 cm³/mol. The number of nitrogens with zero attached hydrogens (tertiary/aromatic N) is 1. The Bertz CT molecular complexity index is 528. The van der Waals surface area contributed by atoms with Gasteiger partial charge in [0.25, 0.3) is 0 Å². The molecule has 1 aromatic rings. The highest BCUT2D eigenvalue weighted by atomic mass is 32.2. The van der Waals surface area contributed by atoms with Crippen LogP contribution in [-0.4, -0.2) is 51.0 Å². The van der Waals surface area contributed by atoms with Gasteiger partial charge in [-0.05, 0) is 38.1 Å². The minimum absolute atomic E-state index is 0.185. The zero-order chi connectivity index (χ0) is 13.9. The molecule has 0 amide bonds. The van der Waals surface area contributed by atoms with Crippen molar-refractivity contribution in [3.05, 3.63) is 29.8 Å². The van der Waals surface area contributed by atoms with E-state index in [1.165, 1.54) is 5.56 Å². The van der Waals surface area contributed by atoms with Crippen LogP contribution in [0.25, 0.3) is 0 Å². The Hall–Kier alpha value is -1.07. The van der Waals surface area contributed by atoms with E-state index in [-0.39, 0.29) is 6.04 Å². The molecular weight excluding hydrogens is 260 g/mol. The summed E-state index contributed by atoms with van der Waals surface area (Å²) in [6.07, 6.45) is 0.767. The first-order valence-corrected chi connectivity index (χ1v) is 8.50. The predicted octanol–water partition coefficient (Wildman–Crippen LogP) is 1.53. The van der Waals surface area contributed by atoms with Crippen LogP contribution in [0.1, 0.15) is 12.0 Å². The van der Waals surface area contributed by atoms with Crippen molar-refractivity contribution >= 4 is 15.5 Å². The lowest BCUT2D eigenvalue weighted by Crippen LogP contribution is -2.36. The maximum absolute atomic E-state index is 11.4. The van der Waals surface area contributed by atoms with E-state index >= 15 is 0 Å². The number of sulfone groups is 1. The Morgan fingerprint density at radius 2 is 2.21 bits per heavy atom. The number of hydrogen-bond donors (Lipinski definition) is 1. The standard InChI is InChI=1S/C14H22N2O2S/c1-12-4-3-5-13(10-12)15-7-8-16(2)14-6-9-19(17,18)11-14/h3-5,10,14-15H,6-9,11H2,1-2H3. The van der Waals surface area contributed by atoms with Crippen LogP contribution in [0, 0.1) is 6.92 Å². The Morgan fingerprint density at radius 1 is 1.42 bits per heavy atom. The number of rotatable bonds is 5. The molecule has 1 fully saturated rings. The van der Waals surface area contributed by atoms with Crippen molar-refractivity contribution in [2.24, 2.45) is 0 Å². The number of benzene rings is 1. The lowest BCUT2D eigenvalue weighted by Gasteiger charge is -2.23. The highest BCUT2D eigenvalue weighted by molar-refractivity contribution is 7.91. The van der Waals surface area contributed by atoms with Crippen LogP contribution in [-0.2, 0) is 9.84 Å². The molecule has 1 aliphatic heterocycles. The van der Waals surface area contributed by atoms with Gasteiger partial charge in [0.15, 0.2) is 9.84 Å². The summed E-state index contributed by atoms with van der Waals surface area (Å²) in [5.41, 5.74) is 2.35. The van der Waals surface area contributed by atoms with Gasteiger partial charge in [0.2, 0.25) is 0 Å². The molecule has 0 spiro atoms. The zero-order valence-corrected chi connectivity index (χ0v) is 12.4. The second-order valence-corrected chi connectivity index (χ2v) is 7.56. The largest absolute Gasteiger partial charge is 0.384 e. The fourth-order valence-electron chi connectivity index (χ4n) is 2.44. The third-order valence-corrected chi connectivity index (χ3v) is 5.39. The Balaban J connectivity index is 1.77. The normalized spacial score (nSPS) is 21.7. The molecule has 4 nitrogen and oxygen atoms in total. The van der Waals surface area contributed by atoms with E-state index in [1.807, 2.05) is 19.2 Å². The fraction of sp³-hybridized carbons (Fsp3) is 0.571. The summed E-state index contributed by atoms with van der Waals surface area (Å²) in [6, 6.07) is 8.45. The van der Waals surface area contributed by atoms with E-state index in [9.17, 15) is 8.42 Å². The molecule has 0 radical (unpaired) electrons. The van der Waals surface area contributed by atoms with Crippen LogP contribution < -0.4 is 5.32 Å². The Kier molecular flexibility index (Phi) is 4.47. The van der Waals surface area contributed by atoms with Crippen molar-refractivity contribution < 1.29 is 8.42 Å². The van der Waals surface area contributed by atoms with Gasteiger partial charge in [-0.15, -0.1) is 0 Å². The van der Waals surface area contributed by atoms with Gasteiger partial charge in [-0.3, -0.25) is 0 Å². The molecule has 106 valence electrons. The second-order valence-electron chi connectivity index (χ2n) is 5.33. The molecule has 1 atom stereocenters. The number of likely N-dealkylation sites (N-methyl/N-ethyl adjacent to an activating group) is 1. The van der Waals surface area contributed by atoms with Gasteiger partial charge < -0.3 is 10.2 Å². The first-order valence-electron chi connectivity index (χ1n) is 6.67. The van der Waals surface area contributed by atoms with E-state index in [4.69, 9.17) is 0 Å². The van der Waals surface area contributed by atoms with Gasteiger partial charge in [0.1, 0.15) is 0 Å². The molecule has 0 aromatic heterocycles. The topological polar surface area (TPSA) is 49.4 Å². The number of hydrogen-bond acceptors (Lipinski definition) is 4. The second kappa shape index (κ2) is 5.92. The number of nitrogens with one attached hydrogen (secondary N) is 1. The van der Waals surface area contributed by atoms with E-state index in [0.29, 0.717) is 11.5 Å². The number of aryl methyl sites for hydroxylation is 1. The first-order chi connectivity index (χ1) is 8.96. The molecule has 1 aromatic carbocycles. The summed E-state index contributed by atoms with van der Waals surface area (Å²) in [4.78, 5) is 2.15. The summed E-state index contributed by atoms with van der Waals surface area (Å²) in [7, 11) is -0.782. The van der Waals surface area contributed by atoms with Crippen molar-refractivity contribution in [3.8, 4) is 0 Å². The van der Waals surface area contributed by atoms with Crippen LogP contribution in [0.15, 0.2) is 24.3 Å². The summed E-state index contributed by atoms with van der Waals surface area (Å²) < 4.78 is 22.9. The first kappa shape index (κ1) is 14.3. The van der Waals surface area contributed by atoms with Gasteiger partial charge in [-0.1, -0.05) is 12.1 Å². The van der Waals surface area contributed by atoms with Crippen molar-refractivity contribution in [1.82, 2.24) is 4.90 Å². The zero-order valence-electron chi connectivity index (χ0n) is 11.6. The van der Waals surface area contributed by atoms with Crippen LogP contribution in [0.3, 0.4) is 0 Å². The third kappa shape index (κ3) is 4.21. The smallest absolute Gasteiger partial charge is 0.151 e. The maximum atomic E-state index is 11.4. The van der Waals surface area contributed by atoms with Gasteiger partial charge >= 0.3 is 0 Å². The average molecular weight is 282 g/mol. The summed E-state index contributed by atoms with van der Waals surface area (Å²) in [6.45, 7) is 3.76. The van der Waals surface area contributed by atoms with Crippen LogP contribution in [0.4, 0.5) is 5.69 Å². The monoisotopic (exact) mass is 282 g/mol. The van der Waals surface area contributed by atoms with E-state index in [0.717, 1.165) is 25.2 Å². The summed E-state index contributed by atoms with van der Waals surface area (Å²) in [5, 5.41) is 3.37. The molecule has 0 aliphatic carbocycles. The van der Waals surface area contributed by atoms with Gasteiger partial charge in [-0.2, -0.15) is 0 Å². The molecule has 1 N–H and O–H groups in total. The molecule has 5 heteroatoms. The van der Waals surface area contributed by atoms with Crippen molar-refractivity contribution in [3.63, 3.8) is 0 Å². The van der Waals surface area contributed by atoms with Gasteiger partial charge in [0.05, 0.1) is 11.5 Å². The molecule has 1 unspecified atom stereocenters. The quantitative estimate of drug-likeness (QED) is 0.890. The van der Waals surface area contributed by atoms with Crippen LogP contribution >= 0.6 is 0 Å². The minimum atomic E-state index is -2.79. The molecule has 2 rings (SSSR count). The summed E-state index contributed by atoms with van der Waals surface area (Å²) in [5.74, 6) is 0.654. The third-order valence-electron chi connectivity index (χ3n) is 3.64. The van der Waals surface area contributed by atoms with E-state index in [1.54, 1.807) is 0 Å². The minimum Gasteiger partial charge on any atom is -0.384 e. The van der Waals surface area contributed by atoms with E-state index in [2.05, 4.69) is 29.3 Å². The highest BCUT2D eigenvalue weighted by Crippen LogP contribution is 2.16. The fourth-order valence-corrected chi connectivity index (χ4v) is 4.24. The molecule has 1 saturated heterocycles. The molecule has 0 saturated carbocycles. The summed E-state index contributed by atoms with van der Waals surface area (Å²) >= 11 is 0. The van der Waals surface area contributed by atoms with E-state index < -0.39 is 9.84 Å². The molecule has 19 heavy (non-hydrogen) atoms. The van der Waals surface area contributed by atoms with Crippen LogP contribution in [0.5, 0.6) is 0 Å². The average Bonchev–Trinajstić information content (AvgIpc) is 2.70. The number of anilines is 1. The SMILES string of the molecule is Cc1cccc(NCCN(C)C2CCS(=O)(=O)C2)c1. The maximum Gasteiger partial charge on any atom is 0.151 e. The molecule has 0 bridgehead atoms. The van der Waals surface area contributed by atoms with Crippen LogP contribution in [0.2, 0.25) is 0 Å². The van der Waals surface area contributed by atoms with Crippen molar-refractivity contribution in [2.45, 2.75) is 19.4 Å². The lowest BCUT2D eigenvalue weighted by atomic mass is 10.2. The Morgan fingerprint density at radius 3 is 2.84 bits per heavy atom. The molecule has 1 aliphatic rings. The van der Waals surface area contributed by atoms with Crippen molar-refractivity contribution in [1.29, 1.82) is 0 Å². The van der Waals surface area contributed by atoms with Gasteiger partial charge in [-0.25, -0.2) is 8.42 Å². The van der Waals surface area contributed by atoms with Gasteiger partial charge in [0, 0.05) is 24.8 Å². The molecule has 1 heterocycles. The molecular formula is C14H22N2O2S.